The topological polar surface area (TPSA) is 196 Å². The predicted molar refractivity (Wildman–Crippen MR) is 237 cm³/mol. The second kappa shape index (κ2) is 17.7. The highest BCUT2D eigenvalue weighted by molar-refractivity contribution is 6.11. The predicted octanol–water partition coefficient (Wildman–Crippen LogP) is 8.02. The Kier molecular flexibility index (Phi) is 11.6. The van der Waals surface area contributed by atoms with Gasteiger partial charge in [-0.1, -0.05) is 72.8 Å². The molecule has 4 N–H and O–H groups in total. The Bertz CT molecular complexity index is 2770. The molecule has 0 unspecified atom stereocenters. The summed E-state index contributed by atoms with van der Waals surface area (Å²) in [6.45, 7) is 3.79. The summed E-state index contributed by atoms with van der Waals surface area (Å²) in [5.41, 5.74) is 0.477. The summed E-state index contributed by atoms with van der Waals surface area (Å²) in [6.07, 6.45) is 0. The molecule has 6 bridgehead atoms. The molecule has 0 saturated heterocycles. The maximum absolute atomic E-state index is 13.7. The van der Waals surface area contributed by atoms with Crippen molar-refractivity contribution in [2.45, 2.75) is 26.4 Å². The summed E-state index contributed by atoms with van der Waals surface area (Å²) in [5.74, 6) is -1.91. The number of hydrogen-bond donors (Lipinski definition) is 4. The van der Waals surface area contributed by atoms with Crippen LogP contribution in [0.3, 0.4) is 0 Å². The molecular formula is C48H40N6O9. The van der Waals surface area contributed by atoms with Crippen LogP contribution in [0.2, 0.25) is 0 Å². The molecule has 1 aliphatic rings. The molecule has 0 aliphatic carbocycles. The van der Waals surface area contributed by atoms with Crippen molar-refractivity contribution in [2.75, 3.05) is 41.1 Å². The van der Waals surface area contributed by atoms with Gasteiger partial charge < -0.3 is 40.2 Å². The van der Waals surface area contributed by atoms with E-state index in [0.29, 0.717) is 22.6 Å². The number of hydrogen-bond acceptors (Lipinski definition) is 11. The van der Waals surface area contributed by atoms with Crippen molar-refractivity contribution in [3.63, 3.8) is 0 Å². The lowest BCUT2D eigenvalue weighted by Gasteiger charge is -2.19. The molecule has 0 radical (unpaired) electrons. The van der Waals surface area contributed by atoms with Crippen molar-refractivity contribution >= 4 is 74.4 Å². The van der Waals surface area contributed by atoms with Crippen molar-refractivity contribution in [2.24, 2.45) is 0 Å². The molecule has 316 valence electrons. The molecule has 8 rings (SSSR count). The molecule has 15 heteroatoms. The molecule has 0 spiro atoms. The lowest BCUT2D eigenvalue weighted by Crippen LogP contribution is -2.27. The molecule has 15 nitrogen and oxygen atoms in total. The first-order chi connectivity index (χ1) is 30.3. The molecule has 5 aromatic carbocycles. The van der Waals surface area contributed by atoms with Gasteiger partial charge in [-0.25, -0.2) is 14.8 Å². The highest BCUT2D eigenvalue weighted by atomic mass is 16.6. The second-order valence-corrected chi connectivity index (χ2v) is 15.3. The van der Waals surface area contributed by atoms with E-state index in [1.54, 1.807) is 57.2 Å². The van der Waals surface area contributed by atoms with Crippen LogP contribution in [0.1, 0.15) is 41.5 Å². The number of aromatic nitrogens is 2. The number of amides is 4. The van der Waals surface area contributed by atoms with Crippen LogP contribution in [0.25, 0.3) is 32.7 Å². The van der Waals surface area contributed by atoms with E-state index < -0.39 is 55.0 Å². The van der Waals surface area contributed by atoms with Crippen LogP contribution in [-0.2, 0) is 19.1 Å². The highest BCUT2D eigenvalue weighted by Crippen LogP contribution is 2.45. The number of pyridine rings is 2. The fourth-order valence-corrected chi connectivity index (χ4v) is 6.89. The van der Waals surface area contributed by atoms with Gasteiger partial charge in [0.25, 0.3) is 23.6 Å². The molecule has 1 aliphatic heterocycles. The number of nitrogens with zero attached hydrogens (tertiary/aromatic N) is 2. The molecule has 0 fully saturated rings. The minimum atomic E-state index is -0.772. The maximum Gasteiger partial charge on any atom is 0.344 e. The standard InChI is InChI=1S/C48H40N6O9/c1-48(2,3)63-43(57)27-60-32-23-30-22-31(24-32)47(59)54-40-17-9-15-38(50-40)52-42(56)26-62-36-21-19-29-11-5-7-13-34(29)45(36)44-33-12-6-4-10-28(33)18-20-35(44)61-25-41(55)51-37-14-8-16-39(49-37)53-46(30)58/h4-24H,25-27H2,1-3H3,(H2,49,51,53,55,58)(H2,50,52,54,56,59). The summed E-state index contributed by atoms with van der Waals surface area (Å²) in [4.78, 5) is 75.7. The van der Waals surface area contributed by atoms with E-state index in [2.05, 4.69) is 31.2 Å². The number of ether oxygens (including phenoxy) is 4. The molecular weight excluding hydrogens is 805 g/mol. The van der Waals surface area contributed by atoms with E-state index in [1.807, 2.05) is 60.7 Å². The van der Waals surface area contributed by atoms with Crippen molar-refractivity contribution in [3.05, 3.63) is 139 Å². The van der Waals surface area contributed by atoms with Gasteiger partial charge in [0.05, 0.1) is 0 Å². The van der Waals surface area contributed by atoms with E-state index in [1.165, 1.54) is 30.3 Å². The number of rotatable bonds is 3. The summed E-state index contributed by atoms with van der Waals surface area (Å²) >= 11 is 0. The quantitative estimate of drug-likeness (QED) is 0.126. The number of fused-ring (bicyclic) bond motifs is 13. The van der Waals surface area contributed by atoms with E-state index >= 15 is 0 Å². The average molecular weight is 845 g/mol. The molecule has 2 aromatic heterocycles. The average Bonchev–Trinajstić information content (AvgIpc) is 3.26. The summed E-state index contributed by atoms with van der Waals surface area (Å²) in [7, 11) is 0. The first-order valence-corrected chi connectivity index (χ1v) is 19.8. The van der Waals surface area contributed by atoms with Crippen LogP contribution < -0.4 is 35.5 Å². The number of nitrogens with one attached hydrogen (secondary N) is 4. The Labute approximate surface area is 360 Å². The van der Waals surface area contributed by atoms with Crippen molar-refractivity contribution in [3.8, 4) is 28.4 Å². The molecule has 7 aromatic rings. The minimum absolute atomic E-state index is 0.0168. The Balaban J connectivity index is 1.17. The number of benzene rings is 5. The summed E-state index contributed by atoms with van der Waals surface area (Å²) < 4.78 is 23.6. The highest BCUT2D eigenvalue weighted by Gasteiger charge is 2.22. The lowest BCUT2D eigenvalue weighted by molar-refractivity contribution is -0.157. The molecule has 0 atom stereocenters. The van der Waals surface area contributed by atoms with Crippen LogP contribution in [0.5, 0.6) is 17.2 Å². The van der Waals surface area contributed by atoms with Gasteiger partial charge in [-0.05, 0) is 96.9 Å². The van der Waals surface area contributed by atoms with Gasteiger partial charge in [0, 0.05) is 22.3 Å². The van der Waals surface area contributed by atoms with Gasteiger partial charge in [0.15, 0.2) is 19.8 Å². The van der Waals surface area contributed by atoms with E-state index in [9.17, 15) is 24.0 Å². The number of carbonyl (C=O) groups excluding carboxylic acids is 5. The summed E-state index contributed by atoms with van der Waals surface area (Å²) in [5, 5.41) is 14.3. The normalized spacial score (nSPS) is 13.6. The molecule has 63 heavy (non-hydrogen) atoms. The largest absolute Gasteiger partial charge is 0.483 e. The molecule has 3 heterocycles. The zero-order valence-electron chi connectivity index (χ0n) is 34.3. The number of carbonyl (C=O) groups is 5. The van der Waals surface area contributed by atoms with Crippen LogP contribution in [0.4, 0.5) is 23.3 Å². The van der Waals surface area contributed by atoms with E-state index in [4.69, 9.17) is 18.9 Å². The fraction of sp³-hybridized carbons (Fsp3) is 0.146. The third kappa shape index (κ3) is 10.0. The van der Waals surface area contributed by atoms with Gasteiger partial charge in [-0.15, -0.1) is 0 Å². The Morgan fingerprint density at radius 2 is 1.02 bits per heavy atom. The van der Waals surface area contributed by atoms with Crippen molar-refractivity contribution in [1.29, 1.82) is 0 Å². The van der Waals surface area contributed by atoms with Crippen molar-refractivity contribution in [1.82, 2.24) is 9.97 Å². The lowest BCUT2D eigenvalue weighted by atomic mass is 9.92. The zero-order chi connectivity index (χ0) is 44.1. The minimum Gasteiger partial charge on any atom is -0.483 e. The van der Waals surface area contributed by atoms with Crippen molar-refractivity contribution < 1.29 is 42.9 Å². The van der Waals surface area contributed by atoms with Gasteiger partial charge in [0.2, 0.25) is 0 Å². The third-order valence-corrected chi connectivity index (χ3v) is 9.47. The number of anilines is 4. The van der Waals surface area contributed by atoms with E-state index in [-0.39, 0.29) is 40.1 Å². The van der Waals surface area contributed by atoms with Crippen LogP contribution in [0.15, 0.2) is 127 Å². The molecule has 0 saturated carbocycles. The Morgan fingerprint density at radius 1 is 0.571 bits per heavy atom. The monoisotopic (exact) mass is 844 g/mol. The number of esters is 1. The second-order valence-electron chi connectivity index (χ2n) is 15.3. The van der Waals surface area contributed by atoms with Crippen LogP contribution in [0, 0.1) is 0 Å². The van der Waals surface area contributed by atoms with Crippen LogP contribution in [-0.4, -0.2) is 65.0 Å². The van der Waals surface area contributed by atoms with E-state index in [0.717, 1.165) is 21.5 Å². The molecule has 4 amide bonds. The SMILES string of the molecule is CC(C)(C)OC(=O)COc1cc2cc(c1)C(=O)Nc1cccc(n1)NC(=O)COc1ccc3ccccc3c1-c1c(ccc3ccccc13)OCC(=O)Nc1cccc(n1)NC2=O. The van der Waals surface area contributed by atoms with Gasteiger partial charge in [0.1, 0.15) is 46.1 Å². The summed E-state index contributed by atoms with van der Waals surface area (Å²) in [6, 6.07) is 36.2. The first kappa shape index (κ1) is 41.4. The first-order valence-electron chi connectivity index (χ1n) is 19.8. The fourth-order valence-electron chi connectivity index (χ4n) is 6.89. The van der Waals surface area contributed by atoms with Gasteiger partial charge >= 0.3 is 5.97 Å². The van der Waals surface area contributed by atoms with Crippen LogP contribution >= 0.6 is 0 Å². The maximum atomic E-state index is 13.7. The smallest absolute Gasteiger partial charge is 0.344 e. The van der Waals surface area contributed by atoms with Gasteiger partial charge in [-0.3, -0.25) is 19.2 Å². The Hall–Kier alpha value is -8.33. The zero-order valence-corrected chi connectivity index (χ0v) is 34.3. The van der Waals surface area contributed by atoms with Gasteiger partial charge in [-0.2, -0.15) is 0 Å². The third-order valence-electron chi connectivity index (χ3n) is 9.47. The Morgan fingerprint density at radius 3 is 1.48 bits per heavy atom.